The number of hydrogen-bond acceptors (Lipinski definition) is 6. The Hall–Kier alpha value is -1.41. The third-order valence-electron chi connectivity index (χ3n) is 2.27. The van der Waals surface area contributed by atoms with Gasteiger partial charge in [-0.2, -0.15) is 0 Å². The molecular weight excluding hydrogens is 272 g/mol. The molecule has 0 saturated carbocycles. The van der Waals surface area contributed by atoms with Crippen molar-refractivity contribution in [3.05, 3.63) is 30.3 Å². The highest BCUT2D eigenvalue weighted by Crippen LogP contribution is 2.16. The van der Waals surface area contributed by atoms with Crippen molar-refractivity contribution < 1.29 is 8.42 Å². The summed E-state index contributed by atoms with van der Waals surface area (Å²) in [4.78, 5) is 0.349. The first-order valence-electron chi connectivity index (χ1n) is 5.22. The Balaban J connectivity index is 1.97. The fourth-order valence-corrected chi connectivity index (χ4v) is 3.85. The van der Waals surface area contributed by atoms with Crippen molar-refractivity contribution in [2.45, 2.75) is 10.1 Å². The summed E-state index contributed by atoms with van der Waals surface area (Å²) in [6.07, 6.45) is 0. The second kappa shape index (κ2) is 5.49. The van der Waals surface area contributed by atoms with Crippen LogP contribution in [0.3, 0.4) is 0 Å². The van der Waals surface area contributed by atoms with E-state index in [0.717, 1.165) is 0 Å². The minimum absolute atomic E-state index is 0.0640. The standard InChI is InChI=1S/C10H12N4O2S2/c1-14-10(11-12-13-14)17-7-8-18(15,16)9-5-3-2-4-6-9/h2-6H,7-8H2,1H3. The second-order valence-corrected chi connectivity index (χ2v) is 6.74. The molecule has 0 bridgehead atoms. The van der Waals surface area contributed by atoms with Crippen LogP contribution in [0.4, 0.5) is 0 Å². The zero-order valence-corrected chi connectivity index (χ0v) is 11.4. The summed E-state index contributed by atoms with van der Waals surface area (Å²) in [5.41, 5.74) is 0. The van der Waals surface area contributed by atoms with E-state index in [1.165, 1.54) is 16.4 Å². The van der Waals surface area contributed by atoms with Gasteiger partial charge in [0.25, 0.3) is 0 Å². The number of benzene rings is 1. The van der Waals surface area contributed by atoms with E-state index < -0.39 is 9.84 Å². The molecule has 0 amide bonds. The molecule has 96 valence electrons. The molecule has 0 aliphatic carbocycles. The van der Waals surface area contributed by atoms with Crippen LogP contribution in [0.25, 0.3) is 0 Å². The lowest BCUT2D eigenvalue weighted by molar-refractivity contribution is 0.597. The monoisotopic (exact) mass is 284 g/mol. The van der Waals surface area contributed by atoms with Crippen LogP contribution >= 0.6 is 11.8 Å². The van der Waals surface area contributed by atoms with Gasteiger partial charge in [0.1, 0.15) is 0 Å². The normalized spacial score (nSPS) is 11.6. The molecular formula is C10H12N4O2S2. The van der Waals surface area contributed by atoms with Gasteiger partial charge in [-0.25, -0.2) is 13.1 Å². The Labute approximate surface area is 109 Å². The molecule has 18 heavy (non-hydrogen) atoms. The molecule has 2 aromatic rings. The van der Waals surface area contributed by atoms with Crippen molar-refractivity contribution in [2.75, 3.05) is 11.5 Å². The van der Waals surface area contributed by atoms with Gasteiger partial charge in [0.2, 0.25) is 5.16 Å². The van der Waals surface area contributed by atoms with Gasteiger partial charge in [0, 0.05) is 12.8 Å². The number of rotatable bonds is 5. The van der Waals surface area contributed by atoms with Gasteiger partial charge in [0.15, 0.2) is 9.84 Å². The molecule has 8 heteroatoms. The van der Waals surface area contributed by atoms with Gasteiger partial charge in [-0.1, -0.05) is 30.0 Å². The van der Waals surface area contributed by atoms with Gasteiger partial charge in [-0.05, 0) is 22.6 Å². The van der Waals surface area contributed by atoms with Crippen LogP contribution in [0.5, 0.6) is 0 Å². The topological polar surface area (TPSA) is 77.7 Å². The van der Waals surface area contributed by atoms with E-state index in [2.05, 4.69) is 15.5 Å². The predicted molar refractivity (Wildman–Crippen MR) is 68.0 cm³/mol. The van der Waals surface area contributed by atoms with E-state index in [1.807, 2.05) is 0 Å². The van der Waals surface area contributed by atoms with Crippen molar-refractivity contribution in [2.24, 2.45) is 7.05 Å². The number of hydrogen-bond donors (Lipinski definition) is 0. The van der Waals surface area contributed by atoms with Crippen LogP contribution in [0.2, 0.25) is 0 Å². The summed E-state index contributed by atoms with van der Waals surface area (Å²) in [5.74, 6) is 0.486. The average molecular weight is 284 g/mol. The van der Waals surface area contributed by atoms with Crippen LogP contribution in [-0.2, 0) is 16.9 Å². The quantitative estimate of drug-likeness (QED) is 0.755. The maximum atomic E-state index is 12.0. The fraction of sp³-hybridized carbons (Fsp3) is 0.300. The predicted octanol–water partition coefficient (Wildman–Crippen LogP) is 0.776. The number of tetrazole rings is 1. The summed E-state index contributed by atoms with van der Waals surface area (Å²) < 4.78 is 25.5. The first-order chi connectivity index (χ1) is 8.59. The second-order valence-electron chi connectivity index (χ2n) is 3.57. The molecule has 1 heterocycles. The Kier molecular flexibility index (Phi) is 3.97. The fourth-order valence-electron chi connectivity index (χ4n) is 1.33. The molecule has 0 N–H and O–H groups in total. The lowest BCUT2D eigenvalue weighted by atomic mass is 10.4. The van der Waals surface area contributed by atoms with Gasteiger partial charge in [-0.15, -0.1) is 5.10 Å². The van der Waals surface area contributed by atoms with Gasteiger partial charge in [0.05, 0.1) is 10.6 Å². The molecule has 1 aromatic heterocycles. The average Bonchev–Trinajstić information content (AvgIpc) is 2.76. The molecule has 0 atom stereocenters. The van der Waals surface area contributed by atoms with E-state index in [9.17, 15) is 8.42 Å². The van der Waals surface area contributed by atoms with E-state index in [0.29, 0.717) is 15.8 Å². The molecule has 0 fully saturated rings. The zero-order chi connectivity index (χ0) is 13.0. The summed E-state index contributed by atoms with van der Waals surface area (Å²) >= 11 is 1.32. The van der Waals surface area contributed by atoms with Gasteiger partial charge < -0.3 is 0 Å². The number of aromatic nitrogens is 4. The van der Waals surface area contributed by atoms with Crippen molar-refractivity contribution in [3.63, 3.8) is 0 Å². The van der Waals surface area contributed by atoms with Gasteiger partial charge in [-0.3, -0.25) is 0 Å². The third-order valence-corrected chi connectivity index (χ3v) is 5.27. The van der Waals surface area contributed by atoms with E-state index in [-0.39, 0.29) is 5.75 Å². The number of aryl methyl sites for hydroxylation is 1. The summed E-state index contributed by atoms with van der Waals surface area (Å²) in [6, 6.07) is 8.42. The molecule has 1 aromatic carbocycles. The molecule has 0 radical (unpaired) electrons. The summed E-state index contributed by atoms with van der Waals surface area (Å²) in [5, 5.41) is 11.6. The summed E-state index contributed by atoms with van der Waals surface area (Å²) in [7, 11) is -1.51. The first kappa shape index (κ1) is 13.0. The van der Waals surface area contributed by atoms with Crippen molar-refractivity contribution >= 4 is 21.6 Å². The molecule has 0 aliphatic heterocycles. The van der Waals surface area contributed by atoms with Crippen LogP contribution in [0, 0.1) is 0 Å². The lowest BCUT2D eigenvalue weighted by Crippen LogP contribution is -2.09. The molecule has 6 nitrogen and oxygen atoms in total. The highest BCUT2D eigenvalue weighted by atomic mass is 32.2. The number of nitrogens with zero attached hydrogens (tertiary/aromatic N) is 4. The van der Waals surface area contributed by atoms with E-state index >= 15 is 0 Å². The van der Waals surface area contributed by atoms with E-state index in [4.69, 9.17) is 0 Å². The lowest BCUT2D eigenvalue weighted by Gasteiger charge is -2.03. The zero-order valence-electron chi connectivity index (χ0n) is 9.72. The Morgan fingerprint density at radius 2 is 2.00 bits per heavy atom. The van der Waals surface area contributed by atoms with E-state index in [1.54, 1.807) is 37.4 Å². The molecule has 0 spiro atoms. The SMILES string of the molecule is Cn1nnnc1SCCS(=O)(=O)c1ccccc1. The molecule has 2 rings (SSSR count). The Morgan fingerprint density at radius 3 is 2.61 bits per heavy atom. The van der Waals surface area contributed by atoms with Crippen LogP contribution in [0.15, 0.2) is 40.4 Å². The van der Waals surface area contributed by atoms with Crippen LogP contribution < -0.4 is 0 Å². The minimum Gasteiger partial charge on any atom is -0.224 e. The van der Waals surface area contributed by atoms with Gasteiger partial charge >= 0.3 is 0 Å². The van der Waals surface area contributed by atoms with Crippen molar-refractivity contribution in [1.82, 2.24) is 20.2 Å². The summed E-state index contributed by atoms with van der Waals surface area (Å²) in [6.45, 7) is 0. The Morgan fingerprint density at radius 1 is 1.28 bits per heavy atom. The highest BCUT2D eigenvalue weighted by Gasteiger charge is 2.14. The minimum atomic E-state index is -3.23. The highest BCUT2D eigenvalue weighted by molar-refractivity contribution is 8.00. The van der Waals surface area contributed by atoms with Crippen LogP contribution in [-0.4, -0.2) is 40.1 Å². The maximum absolute atomic E-state index is 12.0. The Bertz CT molecular complexity index is 610. The molecule has 0 unspecified atom stereocenters. The van der Waals surface area contributed by atoms with Crippen molar-refractivity contribution in [3.8, 4) is 0 Å². The molecule has 0 aliphatic rings. The number of sulfone groups is 1. The molecule has 0 saturated heterocycles. The third kappa shape index (κ3) is 3.08. The van der Waals surface area contributed by atoms with Crippen LogP contribution in [0.1, 0.15) is 0 Å². The smallest absolute Gasteiger partial charge is 0.209 e. The number of thioether (sulfide) groups is 1. The first-order valence-corrected chi connectivity index (χ1v) is 7.86. The largest absolute Gasteiger partial charge is 0.224 e. The van der Waals surface area contributed by atoms with Crippen molar-refractivity contribution in [1.29, 1.82) is 0 Å². The maximum Gasteiger partial charge on any atom is 0.209 e.